The molecular formula is C20H24N4O4. The van der Waals surface area contributed by atoms with Gasteiger partial charge < -0.3 is 24.6 Å². The van der Waals surface area contributed by atoms with Crippen molar-refractivity contribution in [2.75, 3.05) is 52.8 Å². The summed E-state index contributed by atoms with van der Waals surface area (Å²) in [6.07, 6.45) is 1.48. The first-order chi connectivity index (χ1) is 13.5. The molecule has 1 aliphatic rings. The highest BCUT2D eigenvalue weighted by Crippen LogP contribution is 2.29. The third kappa shape index (κ3) is 4.40. The Morgan fingerprint density at radius 1 is 1.04 bits per heavy atom. The molecule has 0 unspecified atom stereocenters. The predicted molar refractivity (Wildman–Crippen MR) is 105 cm³/mol. The molecule has 1 aromatic carbocycles. The minimum atomic E-state index is -0.349. The monoisotopic (exact) mass is 384 g/mol. The summed E-state index contributed by atoms with van der Waals surface area (Å²) in [6, 6.07) is 8.21. The summed E-state index contributed by atoms with van der Waals surface area (Å²) in [5, 5.41) is 2.80. The summed E-state index contributed by atoms with van der Waals surface area (Å²) in [5.41, 5.74) is 1.13. The summed E-state index contributed by atoms with van der Waals surface area (Å²) < 4.78 is 10.5. The normalized spacial score (nSPS) is 14.5. The summed E-state index contributed by atoms with van der Waals surface area (Å²) in [6.45, 7) is 2.94. The highest BCUT2D eigenvalue weighted by atomic mass is 16.5. The van der Waals surface area contributed by atoms with Crippen LogP contribution in [0, 0.1) is 0 Å². The molecule has 1 aliphatic heterocycles. The minimum absolute atomic E-state index is 0.162. The number of piperazine rings is 1. The number of rotatable bonds is 5. The first-order valence-electron chi connectivity index (χ1n) is 8.99. The van der Waals surface area contributed by atoms with E-state index in [0.717, 1.165) is 13.1 Å². The number of hydrogen-bond donors (Lipinski definition) is 1. The third-order valence-electron chi connectivity index (χ3n) is 4.69. The van der Waals surface area contributed by atoms with Gasteiger partial charge in [0.25, 0.3) is 11.8 Å². The standard InChI is InChI=1S/C20H24N4O4/c1-23-8-10-24(11-9-23)20(26)17-12-14(6-7-21-17)19(25)22-16-5-4-15(27-2)13-18(16)28-3/h4-7,12-13H,8-11H2,1-3H3,(H,22,25). The van der Waals surface area contributed by atoms with Gasteiger partial charge in [-0.3, -0.25) is 14.6 Å². The number of carbonyl (C=O) groups is 2. The fourth-order valence-corrected chi connectivity index (χ4v) is 2.96. The number of carbonyl (C=O) groups excluding carboxylic acids is 2. The van der Waals surface area contributed by atoms with E-state index in [1.54, 1.807) is 36.3 Å². The van der Waals surface area contributed by atoms with Crippen LogP contribution in [0.4, 0.5) is 5.69 Å². The van der Waals surface area contributed by atoms with E-state index in [4.69, 9.17) is 9.47 Å². The first kappa shape index (κ1) is 19.6. The number of pyridine rings is 1. The van der Waals surface area contributed by atoms with Gasteiger partial charge in [-0.15, -0.1) is 0 Å². The minimum Gasteiger partial charge on any atom is -0.497 e. The van der Waals surface area contributed by atoms with Crippen molar-refractivity contribution in [3.63, 3.8) is 0 Å². The molecule has 0 radical (unpaired) electrons. The van der Waals surface area contributed by atoms with E-state index in [2.05, 4.69) is 15.2 Å². The van der Waals surface area contributed by atoms with Gasteiger partial charge in [-0.1, -0.05) is 0 Å². The zero-order valence-electron chi connectivity index (χ0n) is 16.3. The van der Waals surface area contributed by atoms with E-state index in [9.17, 15) is 9.59 Å². The van der Waals surface area contributed by atoms with E-state index in [1.165, 1.54) is 19.4 Å². The Balaban J connectivity index is 1.75. The molecule has 0 atom stereocenters. The molecule has 0 spiro atoms. The number of aromatic nitrogens is 1. The number of nitrogens with zero attached hydrogens (tertiary/aromatic N) is 3. The molecule has 28 heavy (non-hydrogen) atoms. The van der Waals surface area contributed by atoms with Crippen LogP contribution >= 0.6 is 0 Å². The van der Waals surface area contributed by atoms with E-state index < -0.39 is 0 Å². The highest BCUT2D eigenvalue weighted by Gasteiger charge is 2.22. The van der Waals surface area contributed by atoms with E-state index in [1.807, 2.05) is 7.05 Å². The highest BCUT2D eigenvalue weighted by molar-refractivity contribution is 6.06. The molecule has 1 saturated heterocycles. The van der Waals surface area contributed by atoms with E-state index in [-0.39, 0.29) is 17.5 Å². The molecule has 0 bridgehead atoms. The lowest BCUT2D eigenvalue weighted by Gasteiger charge is -2.32. The molecule has 8 nitrogen and oxygen atoms in total. The van der Waals surface area contributed by atoms with E-state index in [0.29, 0.717) is 35.8 Å². The molecule has 148 valence electrons. The Labute approximate surface area is 164 Å². The van der Waals surface area contributed by atoms with Crippen LogP contribution in [0.5, 0.6) is 11.5 Å². The summed E-state index contributed by atoms with van der Waals surface area (Å²) in [4.78, 5) is 33.4. The van der Waals surface area contributed by atoms with Crippen LogP contribution in [0.15, 0.2) is 36.5 Å². The fourth-order valence-electron chi connectivity index (χ4n) is 2.96. The molecule has 8 heteroatoms. The Morgan fingerprint density at radius 2 is 1.79 bits per heavy atom. The molecular weight excluding hydrogens is 360 g/mol. The maximum absolute atomic E-state index is 12.7. The zero-order valence-corrected chi connectivity index (χ0v) is 16.3. The van der Waals surface area contributed by atoms with Crippen molar-refractivity contribution in [2.24, 2.45) is 0 Å². The Hall–Kier alpha value is -3.13. The molecule has 2 amide bonds. The van der Waals surface area contributed by atoms with Crippen molar-refractivity contribution in [3.05, 3.63) is 47.8 Å². The van der Waals surface area contributed by atoms with Gasteiger partial charge in [0.15, 0.2) is 0 Å². The second kappa shape index (κ2) is 8.71. The second-order valence-electron chi connectivity index (χ2n) is 6.55. The van der Waals surface area contributed by atoms with Gasteiger partial charge in [0.05, 0.1) is 19.9 Å². The van der Waals surface area contributed by atoms with Gasteiger partial charge in [-0.25, -0.2) is 0 Å². The van der Waals surface area contributed by atoms with Gasteiger partial charge in [0.1, 0.15) is 17.2 Å². The van der Waals surface area contributed by atoms with Gasteiger partial charge >= 0.3 is 0 Å². The lowest BCUT2D eigenvalue weighted by atomic mass is 10.2. The molecule has 1 fully saturated rings. The van der Waals surface area contributed by atoms with Crippen molar-refractivity contribution < 1.29 is 19.1 Å². The van der Waals surface area contributed by atoms with Crippen LogP contribution in [0.25, 0.3) is 0 Å². The number of anilines is 1. The lowest BCUT2D eigenvalue weighted by Crippen LogP contribution is -2.47. The van der Waals surface area contributed by atoms with Gasteiger partial charge in [0, 0.05) is 44.0 Å². The van der Waals surface area contributed by atoms with Gasteiger partial charge in [-0.2, -0.15) is 0 Å². The number of methoxy groups -OCH3 is 2. The van der Waals surface area contributed by atoms with Crippen molar-refractivity contribution >= 4 is 17.5 Å². The number of likely N-dealkylation sites (N-methyl/N-ethyl adjacent to an activating group) is 1. The average molecular weight is 384 g/mol. The molecule has 0 aliphatic carbocycles. The topological polar surface area (TPSA) is 84.0 Å². The maximum atomic E-state index is 12.7. The Kier molecular flexibility index (Phi) is 6.10. The largest absolute Gasteiger partial charge is 0.497 e. The summed E-state index contributed by atoms with van der Waals surface area (Å²) in [5.74, 6) is 0.595. The lowest BCUT2D eigenvalue weighted by molar-refractivity contribution is 0.0658. The summed E-state index contributed by atoms with van der Waals surface area (Å²) in [7, 11) is 5.10. The zero-order chi connectivity index (χ0) is 20.1. The smallest absolute Gasteiger partial charge is 0.272 e. The maximum Gasteiger partial charge on any atom is 0.272 e. The molecule has 2 aromatic rings. The number of ether oxygens (including phenoxy) is 2. The molecule has 2 heterocycles. The second-order valence-corrected chi connectivity index (χ2v) is 6.55. The number of hydrogen-bond acceptors (Lipinski definition) is 6. The SMILES string of the molecule is COc1ccc(NC(=O)c2ccnc(C(=O)N3CCN(C)CC3)c2)c(OC)c1. The third-order valence-corrected chi connectivity index (χ3v) is 4.69. The number of benzene rings is 1. The fraction of sp³-hybridized carbons (Fsp3) is 0.350. The summed E-state index contributed by atoms with van der Waals surface area (Å²) >= 11 is 0. The molecule has 3 rings (SSSR count). The molecule has 1 N–H and O–H groups in total. The van der Waals surface area contributed by atoms with E-state index >= 15 is 0 Å². The average Bonchev–Trinajstić information content (AvgIpc) is 2.74. The van der Waals surface area contributed by atoms with Crippen molar-refractivity contribution in [1.82, 2.24) is 14.8 Å². The predicted octanol–water partition coefficient (Wildman–Crippen LogP) is 1.74. The van der Waals surface area contributed by atoms with Gasteiger partial charge in [-0.05, 0) is 31.3 Å². The van der Waals surface area contributed by atoms with Crippen LogP contribution in [0.1, 0.15) is 20.8 Å². The van der Waals surface area contributed by atoms with Crippen LogP contribution in [-0.2, 0) is 0 Å². The van der Waals surface area contributed by atoms with Crippen LogP contribution in [-0.4, -0.2) is 74.0 Å². The van der Waals surface area contributed by atoms with Crippen LogP contribution in [0.3, 0.4) is 0 Å². The van der Waals surface area contributed by atoms with Crippen LogP contribution in [0.2, 0.25) is 0 Å². The molecule has 0 saturated carbocycles. The van der Waals surface area contributed by atoms with Crippen LogP contribution < -0.4 is 14.8 Å². The quantitative estimate of drug-likeness (QED) is 0.845. The Bertz CT molecular complexity index is 863. The van der Waals surface area contributed by atoms with Crippen molar-refractivity contribution in [1.29, 1.82) is 0 Å². The number of nitrogens with one attached hydrogen (secondary N) is 1. The Morgan fingerprint density at radius 3 is 2.46 bits per heavy atom. The van der Waals surface area contributed by atoms with Gasteiger partial charge in [0.2, 0.25) is 0 Å². The van der Waals surface area contributed by atoms with Crippen molar-refractivity contribution in [3.8, 4) is 11.5 Å². The van der Waals surface area contributed by atoms with Crippen molar-refractivity contribution in [2.45, 2.75) is 0 Å². The number of amides is 2. The molecule has 1 aromatic heterocycles. The first-order valence-corrected chi connectivity index (χ1v) is 8.99.